The van der Waals surface area contributed by atoms with Crippen molar-refractivity contribution in [1.29, 1.82) is 0 Å². The van der Waals surface area contributed by atoms with Crippen molar-refractivity contribution in [3.8, 4) is 17.2 Å². The lowest BCUT2D eigenvalue weighted by atomic mass is 10.2. The summed E-state index contributed by atoms with van der Waals surface area (Å²) in [5.74, 6) is -2.52. The molecule has 0 fully saturated rings. The third-order valence-corrected chi connectivity index (χ3v) is 3.55. The number of amides is 1. The van der Waals surface area contributed by atoms with Gasteiger partial charge in [0.2, 0.25) is 5.89 Å². The van der Waals surface area contributed by atoms with Crippen molar-refractivity contribution in [2.45, 2.75) is 12.3 Å². The molecule has 0 saturated carbocycles. The fourth-order valence-corrected chi connectivity index (χ4v) is 2.35. The van der Waals surface area contributed by atoms with E-state index in [1.54, 1.807) is 54.6 Å². The van der Waals surface area contributed by atoms with Crippen LogP contribution in [-0.2, 0) is 6.42 Å². The van der Waals surface area contributed by atoms with E-state index in [0.717, 1.165) is 0 Å². The molecule has 3 N–H and O–H groups in total. The second-order valence-corrected chi connectivity index (χ2v) is 5.51. The number of aromatic nitrogens is 2. The van der Waals surface area contributed by atoms with E-state index in [4.69, 9.17) is 9.15 Å². The summed E-state index contributed by atoms with van der Waals surface area (Å²) in [7, 11) is 1.52. The van der Waals surface area contributed by atoms with Gasteiger partial charge in [0.1, 0.15) is 12.2 Å². The van der Waals surface area contributed by atoms with E-state index in [9.17, 15) is 15.0 Å². The molecular weight excluding hydrogens is 338 g/mol. The van der Waals surface area contributed by atoms with Crippen LogP contribution in [0.2, 0.25) is 0 Å². The number of nitrogens with zero attached hydrogens (tertiary/aromatic N) is 2. The molecule has 0 aliphatic carbocycles. The largest absolute Gasteiger partial charge is 0.496 e. The first-order chi connectivity index (χ1) is 12.5. The molecule has 3 aromatic rings. The van der Waals surface area contributed by atoms with E-state index >= 15 is 0 Å². The molecule has 1 amide bonds. The number of hydrogen-bond acceptors (Lipinski definition) is 7. The highest BCUT2D eigenvalue weighted by Gasteiger charge is 2.30. The Bertz CT molecular complexity index is 893. The van der Waals surface area contributed by atoms with E-state index in [-0.39, 0.29) is 11.8 Å². The number of carbonyl (C=O) groups excluding carboxylic acids is 1. The zero-order valence-corrected chi connectivity index (χ0v) is 13.9. The Hall–Kier alpha value is -3.23. The maximum atomic E-state index is 12.0. The Morgan fingerprint density at radius 3 is 2.54 bits per heavy atom. The van der Waals surface area contributed by atoms with E-state index in [2.05, 4.69) is 15.5 Å². The standard InChI is InChI=1S/C18H17N3O5/c1-25-14-10-6-5-9-13(14)17-21-20-15(26-17)11-18(23,24)19-16(22)12-7-3-2-4-8-12/h2-10,23-24H,11H2,1H3,(H,19,22). The average molecular weight is 355 g/mol. The van der Waals surface area contributed by atoms with Crippen molar-refractivity contribution in [3.63, 3.8) is 0 Å². The van der Waals surface area contributed by atoms with Crippen LogP contribution in [0, 0.1) is 0 Å². The zero-order valence-electron chi connectivity index (χ0n) is 13.9. The summed E-state index contributed by atoms with van der Waals surface area (Å²) in [4.78, 5) is 12.0. The highest BCUT2D eigenvalue weighted by Crippen LogP contribution is 2.28. The molecule has 0 aliphatic heterocycles. The Labute approximate surface area is 149 Å². The first-order valence-corrected chi connectivity index (χ1v) is 7.76. The predicted octanol–water partition coefficient (Wildman–Crippen LogP) is 1.36. The van der Waals surface area contributed by atoms with E-state index < -0.39 is 18.2 Å². The number of carbonyl (C=O) groups is 1. The van der Waals surface area contributed by atoms with Crippen LogP contribution < -0.4 is 10.1 Å². The third-order valence-electron chi connectivity index (χ3n) is 3.55. The van der Waals surface area contributed by atoms with Crippen molar-refractivity contribution < 1.29 is 24.2 Å². The number of aliphatic hydroxyl groups is 2. The van der Waals surface area contributed by atoms with Crippen molar-refractivity contribution in [2.75, 3.05) is 7.11 Å². The van der Waals surface area contributed by atoms with Gasteiger partial charge in [-0.25, -0.2) is 0 Å². The second-order valence-electron chi connectivity index (χ2n) is 5.51. The lowest BCUT2D eigenvalue weighted by Crippen LogP contribution is -2.50. The van der Waals surface area contributed by atoms with Gasteiger partial charge in [-0.1, -0.05) is 30.3 Å². The van der Waals surface area contributed by atoms with Crippen LogP contribution in [0.15, 0.2) is 59.0 Å². The summed E-state index contributed by atoms with van der Waals surface area (Å²) >= 11 is 0. The monoisotopic (exact) mass is 355 g/mol. The number of benzene rings is 2. The Morgan fingerprint density at radius 2 is 1.81 bits per heavy atom. The summed E-state index contributed by atoms with van der Waals surface area (Å²) in [6.45, 7) is 0. The smallest absolute Gasteiger partial charge is 0.255 e. The zero-order chi connectivity index (χ0) is 18.6. The van der Waals surface area contributed by atoms with Crippen molar-refractivity contribution in [2.24, 2.45) is 0 Å². The van der Waals surface area contributed by atoms with Crippen LogP contribution in [0.4, 0.5) is 0 Å². The first kappa shape index (κ1) is 17.6. The Morgan fingerprint density at radius 1 is 1.12 bits per heavy atom. The molecule has 2 aromatic carbocycles. The van der Waals surface area contributed by atoms with Gasteiger partial charge in [-0.05, 0) is 24.3 Å². The summed E-state index contributed by atoms with van der Waals surface area (Å²) in [6.07, 6.45) is -0.478. The molecule has 0 unspecified atom stereocenters. The molecule has 3 rings (SSSR count). The minimum Gasteiger partial charge on any atom is -0.496 e. The van der Waals surface area contributed by atoms with E-state index in [0.29, 0.717) is 16.9 Å². The van der Waals surface area contributed by atoms with Crippen LogP contribution in [0.1, 0.15) is 16.2 Å². The van der Waals surface area contributed by atoms with Crippen LogP contribution in [-0.4, -0.2) is 39.3 Å². The number of rotatable bonds is 6. The van der Waals surface area contributed by atoms with Gasteiger partial charge in [0.15, 0.2) is 0 Å². The maximum absolute atomic E-state index is 12.0. The van der Waals surface area contributed by atoms with E-state index in [1.165, 1.54) is 7.11 Å². The number of nitrogens with one attached hydrogen (secondary N) is 1. The summed E-state index contributed by atoms with van der Waals surface area (Å²) < 4.78 is 10.7. The highest BCUT2D eigenvalue weighted by atomic mass is 16.5. The van der Waals surface area contributed by atoms with Crippen LogP contribution in [0.25, 0.3) is 11.5 Å². The fraction of sp³-hybridized carbons (Fsp3) is 0.167. The quantitative estimate of drug-likeness (QED) is 0.571. The number of hydrogen-bond donors (Lipinski definition) is 3. The van der Waals surface area contributed by atoms with Crippen LogP contribution >= 0.6 is 0 Å². The molecular formula is C18H17N3O5. The lowest BCUT2D eigenvalue weighted by Gasteiger charge is -2.21. The van der Waals surface area contributed by atoms with E-state index in [1.807, 2.05) is 0 Å². The van der Waals surface area contributed by atoms with Gasteiger partial charge < -0.3 is 24.7 Å². The fourth-order valence-electron chi connectivity index (χ4n) is 2.35. The van der Waals surface area contributed by atoms with Gasteiger partial charge >= 0.3 is 0 Å². The molecule has 0 saturated heterocycles. The number of methoxy groups -OCH3 is 1. The molecule has 8 nitrogen and oxygen atoms in total. The maximum Gasteiger partial charge on any atom is 0.255 e. The molecule has 134 valence electrons. The molecule has 26 heavy (non-hydrogen) atoms. The molecule has 0 bridgehead atoms. The highest BCUT2D eigenvalue weighted by molar-refractivity contribution is 5.94. The normalized spacial score (nSPS) is 11.2. The third kappa shape index (κ3) is 4.05. The average Bonchev–Trinajstić information content (AvgIpc) is 3.09. The SMILES string of the molecule is COc1ccccc1-c1nnc(CC(O)(O)NC(=O)c2ccccc2)o1. The lowest BCUT2D eigenvalue weighted by molar-refractivity contribution is -0.177. The molecule has 0 atom stereocenters. The minimum absolute atomic E-state index is 0.0516. The summed E-state index contributed by atoms with van der Waals surface area (Å²) in [5.41, 5.74) is 0.865. The van der Waals surface area contributed by atoms with Gasteiger partial charge in [-0.3, -0.25) is 4.79 Å². The molecule has 0 aliphatic rings. The summed E-state index contributed by atoms with van der Waals surface area (Å²) in [6, 6.07) is 15.2. The van der Waals surface area contributed by atoms with Gasteiger partial charge in [0, 0.05) is 5.56 Å². The van der Waals surface area contributed by atoms with Crippen molar-refractivity contribution in [1.82, 2.24) is 15.5 Å². The van der Waals surface area contributed by atoms with Crippen molar-refractivity contribution in [3.05, 3.63) is 66.1 Å². The number of para-hydroxylation sites is 1. The van der Waals surface area contributed by atoms with Gasteiger partial charge in [0.25, 0.3) is 17.7 Å². The topological polar surface area (TPSA) is 118 Å². The second kappa shape index (κ2) is 7.34. The Kier molecular flexibility index (Phi) is 4.97. The van der Waals surface area contributed by atoms with Gasteiger partial charge in [-0.15, -0.1) is 10.2 Å². The molecule has 1 heterocycles. The first-order valence-electron chi connectivity index (χ1n) is 7.76. The van der Waals surface area contributed by atoms with Gasteiger partial charge in [-0.2, -0.15) is 0 Å². The number of ether oxygens (including phenoxy) is 1. The van der Waals surface area contributed by atoms with Crippen LogP contribution in [0.5, 0.6) is 5.75 Å². The Balaban J connectivity index is 1.72. The predicted molar refractivity (Wildman–Crippen MR) is 91.1 cm³/mol. The van der Waals surface area contributed by atoms with Crippen LogP contribution in [0.3, 0.4) is 0 Å². The summed E-state index contributed by atoms with van der Waals surface area (Å²) in [5, 5.41) is 29.9. The van der Waals surface area contributed by atoms with Gasteiger partial charge in [0.05, 0.1) is 12.7 Å². The molecule has 1 aromatic heterocycles. The molecule has 0 spiro atoms. The minimum atomic E-state index is -2.54. The molecule has 0 radical (unpaired) electrons. The molecule has 8 heteroatoms. The van der Waals surface area contributed by atoms with Crippen molar-refractivity contribution >= 4 is 5.91 Å².